The fourth-order valence-electron chi connectivity index (χ4n) is 2.48. The van der Waals surface area contributed by atoms with Gasteiger partial charge in [0.2, 0.25) is 0 Å². The Labute approximate surface area is 154 Å². The minimum atomic E-state index is -0.101. The van der Waals surface area contributed by atoms with Crippen molar-refractivity contribution in [2.75, 3.05) is 5.75 Å². The molecule has 3 rings (SSSR count). The zero-order valence-electron chi connectivity index (χ0n) is 13.7. The predicted molar refractivity (Wildman–Crippen MR) is 103 cm³/mol. The van der Waals surface area contributed by atoms with Gasteiger partial charge in [0.15, 0.2) is 5.16 Å². The Morgan fingerprint density at radius 1 is 1.16 bits per heavy atom. The number of aromatic nitrogens is 2. The molecule has 0 N–H and O–H groups in total. The quantitative estimate of drug-likeness (QED) is 0.481. The van der Waals surface area contributed by atoms with Crippen LogP contribution in [0.4, 0.5) is 0 Å². The van der Waals surface area contributed by atoms with E-state index in [0.29, 0.717) is 39.8 Å². The van der Waals surface area contributed by atoms with E-state index in [1.54, 1.807) is 23.6 Å². The summed E-state index contributed by atoms with van der Waals surface area (Å²) in [4.78, 5) is 28.8. The molecule has 1 aromatic heterocycles. The van der Waals surface area contributed by atoms with Crippen molar-refractivity contribution in [2.45, 2.75) is 25.0 Å². The first-order valence-corrected chi connectivity index (χ1v) is 9.28. The van der Waals surface area contributed by atoms with Crippen LogP contribution in [-0.4, -0.2) is 21.1 Å². The van der Waals surface area contributed by atoms with Gasteiger partial charge in [-0.15, -0.1) is 0 Å². The molecule has 0 radical (unpaired) electrons. The minimum absolute atomic E-state index is 0.101. The van der Waals surface area contributed by atoms with E-state index in [1.165, 1.54) is 11.8 Å². The van der Waals surface area contributed by atoms with E-state index in [0.717, 1.165) is 5.56 Å². The molecule has 0 atom stereocenters. The number of Topliss-reactive ketones (excluding diaryl/α,β-unsaturated/α-hetero) is 1. The number of hydrogen-bond acceptors (Lipinski definition) is 4. The summed E-state index contributed by atoms with van der Waals surface area (Å²) in [5, 5.41) is 1.79. The summed E-state index contributed by atoms with van der Waals surface area (Å²) in [6, 6.07) is 14.7. The maximum absolute atomic E-state index is 13.0. The van der Waals surface area contributed by atoms with E-state index in [1.807, 2.05) is 36.4 Å². The fourth-order valence-corrected chi connectivity index (χ4v) is 3.71. The number of benzene rings is 2. The van der Waals surface area contributed by atoms with E-state index >= 15 is 0 Å². The van der Waals surface area contributed by atoms with Crippen LogP contribution in [0.1, 0.15) is 18.9 Å². The van der Waals surface area contributed by atoms with Crippen LogP contribution in [0, 0.1) is 0 Å². The van der Waals surface area contributed by atoms with Crippen LogP contribution < -0.4 is 5.56 Å². The summed E-state index contributed by atoms with van der Waals surface area (Å²) in [5.74, 6) is 0.705. The highest BCUT2D eigenvalue weighted by Crippen LogP contribution is 2.22. The van der Waals surface area contributed by atoms with Gasteiger partial charge in [-0.1, -0.05) is 53.7 Å². The molecule has 0 bridgehead atoms. The van der Waals surface area contributed by atoms with E-state index in [9.17, 15) is 9.59 Å². The normalized spacial score (nSPS) is 11.0. The molecule has 3 aromatic rings. The first-order chi connectivity index (χ1) is 12.1. The van der Waals surface area contributed by atoms with Gasteiger partial charge in [0.25, 0.3) is 5.56 Å². The van der Waals surface area contributed by atoms with Gasteiger partial charge >= 0.3 is 0 Å². The summed E-state index contributed by atoms with van der Waals surface area (Å²) in [6.07, 6.45) is 0.444. The molecule has 6 heteroatoms. The molecular weight excluding hydrogens is 356 g/mol. The molecule has 4 nitrogen and oxygen atoms in total. The molecule has 128 valence electrons. The molecule has 0 fully saturated rings. The molecule has 0 unspecified atom stereocenters. The lowest BCUT2D eigenvalue weighted by molar-refractivity contribution is -0.116. The van der Waals surface area contributed by atoms with Crippen LogP contribution in [0.5, 0.6) is 0 Å². The van der Waals surface area contributed by atoms with Gasteiger partial charge in [-0.25, -0.2) is 4.98 Å². The van der Waals surface area contributed by atoms with Crippen molar-refractivity contribution in [3.63, 3.8) is 0 Å². The standard InChI is InChI=1S/C19H17ClN2O2S/c1-13(23)10-11-25-19-21-17-9-5-3-7-15(17)18(24)22(19)12-14-6-2-4-8-16(14)20/h2-9H,10-12H2,1H3. The van der Waals surface area contributed by atoms with Gasteiger partial charge in [0, 0.05) is 17.2 Å². The number of hydrogen-bond donors (Lipinski definition) is 0. The number of carbonyl (C=O) groups excluding carboxylic acids is 1. The Kier molecular flexibility index (Phi) is 5.56. The Morgan fingerprint density at radius 2 is 1.88 bits per heavy atom. The number of rotatable bonds is 6. The van der Waals surface area contributed by atoms with E-state index in [4.69, 9.17) is 11.6 Å². The van der Waals surface area contributed by atoms with Gasteiger partial charge < -0.3 is 0 Å². The summed E-state index contributed by atoms with van der Waals surface area (Å²) in [7, 11) is 0. The number of para-hydroxylation sites is 1. The van der Waals surface area contributed by atoms with Crippen molar-refractivity contribution in [3.8, 4) is 0 Å². The number of fused-ring (bicyclic) bond motifs is 1. The van der Waals surface area contributed by atoms with Crippen molar-refractivity contribution in [2.24, 2.45) is 0 Å². The van der Waals surface area contributed by atoms with Crippen molar-refractivity contribution in [1.82, 2.24) is 9.55 Å². The number of halogens is 1. The summed E-state index contributed by atoms with van der Waals surface area (Å²) in [5.41, 5.74) is 1.42. The second kappa shape index (κ2) is 7.85. The molecule has 0 spiro atoms. The number of thioether (sulfide) groups is 1. The molecule has 0 saturated heterocycles. The largest absolute Gasteiger partial charge is 0.300 e. The molecule has 0 amide bonds. The molecule has 0 aliphatic heterocycles. The predicted octanol–water partition coefficient (Wildman–Crippen LogP) is 4.17. The van der Waals surface area contributed by atoms with Crippen molar-refractivity contribution < 1.29 is 4.79 Å². The molecule has 25 heavy (non-hydrogen) atoms. The van der Waals surface area contributed by atoms with Crippen LogP contribution in [0.2, 0.25) is 5.02 Å². The van der Waals surface area contributed by atoms with Crippen LogP contribution in [-0.2, 0) is 11.3 Å². The third-order valence-electron chi connectivity index (χ3n) is 3.80. The molecule has 0 aliphatic carbocycles. The highest BCUT2D eigenvalue weighted by atomic mass is 35.5. The summed E-state index contributed by atoms with van der Waals surface area (Å²) >= 11 is 7.67. The van der Waals surface area contributed by atoms with E-state index < -0.39 is 0 Å². The van der Waals surface area contributed by atoms with Crippen LogP contribution >= 0.6 is 23.4 Å². The third kappa shape index (κ3) is 4.11. The van der Waals surface area contributed by atoms with Gasteiger partial charge in [-0.05, 0) is 30.7 Å². The Morgan fingerprint density at radius 3 is 2.64 bits per heavy atom. The van der Waals surface area contributed by atoms with Crippen LogP contribution in [0.15, 0.2) is 58.5 Å². The minimum Gasteiger partial charge on any atom is -0.300 e. The van der Waals surface area contributed by atoms with Gasteiger partial charge in [0.1, 0.15) is 5.78 Å². The second-order valence-electron chi connectivity index (χ2n) is 5.69. The topological polar surface area (TPSA) is 52.0 Å². The average molecular weight is 373 g/mol. The number of nitrogens with zero attached hydrogens (tertiary/aromatic N) is 2. The van der Waals surface area contributed by atoms with Crippen molar-refractivity contribution in [3.05, 3.63) is 69.5 Å². The zero-order chi connectivity index (χ0) is 17.8. The highest BCUT2D eigenvalue weighted by molar-refractivity contribution is 7.99. The van der Waals surface area contributed by atoms with Crippen molar-refractivity contribution >= 4 is 40.0 Å². The molecule has 0 saturated carbocycles. The SMILES string of the molecule is CC(=O)CCSc1nc2ccccc2c(=O)n1Cc1ccccc1Cl. The first-order valence-electron chi connectivity index (χ1n) is 7.91. The Hall–Kier alpha value is -2.11. The Bertz CT molecular complexity index is 985. The number of carbonyl (C=O) groups is 1. The molecule has 2 aromatic carbocycles. The monoisotopic (exact) mass is 372 g/mol. The van der Waals surface area contributed by atoms with Crippen LogP contribution in [0.3, 0.4) is 0 Å². The smallest absolute Gasteiger partial charge is 0.262 e. The number of ketones is 1. The summed E-state index contributed by atoms with van der Waals surface area (Å²) < 4.78 is 1.63. The van der Waals surface area contributed by atoms with Crippen molar-refractivity contribution in [1.29, 1.82) is 0 Å². The lowest BCUT2D eigenvalue weighted by atomic mass is 10.2. The lowest BCUT2D eigenvalue weighted by Gasteiger charge is -2.13. The molecular formula is C19H17ClN2O2S. The van der Waals surface area contributed by atoms with Gasteiger partial charge in [-0.3, -0.25) is 14.2 Å². The van der Waals surface area contributed by atoms with Gasteiger partial charge in [0.05, 0.1) is 17.4 Å². The fraction of sp³-hybridized carbons (Fsp3) is 0.211. The zero-order valence-corrected chi connectivity index (χ0v) is 15.3. The third-order valence-corrected chi connectivity index (χ3v) is 5.15. The Balaban J connectivity index is 2.06. The first kappa shape index (κ1) is 17.7. The highest BCUT2D eigenvalue weighted by Gasteiger charge is 2.13. The summed E-state index contributed by atoms with van der Waals surface area (Å²) in [6.45, 7) is 1.91. The lowest BCUT2D eigenvalue weighted by Crippen LogP contribution is -2.24. The van der Waals surface area contributed by atoms with Crippen LogP contribution in [0.25, 0.3) is 10.9 Å². The second-order valence-corrected chi connectivity index (χ2v) is 7.16. The maximum atomic E-state index is 13.0. The van der Waals surface area contributed by atoms with Gasteiger partial charge in [-0.2, -0.15) is 0 Å². The maximum Gasteiger partial charge on any atom is 0.262 e. The molecule has 1 heterocycles. The van der Waals surface area contributed by atoms with E-state index in [-0.39, 0.29) is 11.3 Å². The van der Waals surface area contributed by atoms with E-state index in [2.05, 4.69) is 4.98 Å². The average Bonchev–Trinajstić information content (AvgIpc) is 2.59. The molecule has 0 aliphatic rings.